The van der Waals surface area contributed by atoms with Crippen LogP contribution < -0.4 is 10.3 Å². The second-order valence-electron chi connectivity index (χ2n) is 5.94. The van der Waals surface area contributed by atoms with Crippen molar-refractivity contribution >= 4 is 5.78 Å². The van der Waals surface area contributed by atoms with Crippen LogP contribution in [0.4, 0.5) is 0 Å². The number of rotatable bonds is 7. The molecule has 6 heteroatoms. The van der Waals surface area contributed by atoms with Crippen LogP contribution in [0.15, 0.2) is 29.1 Å². The molecule has 136 valence electrons. The number of ketones is 1. The Morgan fingerprint density at radius 1 is 1.27 bits per heavy atom. The predicted octanol–water partition coefficient (Wildman–Crippen LogP) is 3.16. The largest absolute Gasteiger partial charge is 0.494 e. The van der Waals surface area contributed by atoms with Gasteiger partial charge in [0.2, 0.25) is 11.7 Å². The molecule has 26 heavy (non-hydrogen) atoms. The van der Waals surface area contributed by atoms with E-state index in [1.165, 1.54) is 6.92 Å². The van der Waals surface area contributed by atoms with E-state index in [1.807, 2.05) is 19.9 Å². The third-order valence-corrected chi connectivity index (χ3v) is 4.07. The van der Waals surface area contributed by atoms with Crippen molar-refractivity contribution in [3.05, 3.63) is 56.9 Å². The predicted molar refractivity (Wildman–Crippen MR) is 97.8 cm³/mol. The molecule has 0 unspecified atom stereocenters. The molecular formula is C20H22N2O4. The lowest BCUT2D eigenvalue weighted by Gasteiger charge is -2.16. The van der Waals surface area contributed by atoms with Gasteiger partial charge in [-0.15, -0.1) is 0 Å². The fourth-order valence-corrected chi connectivity index (χ4v) is 2.78. The number of carbonyl (C=O) groups excluding carboxylic acids is 1. The van der Waals surface area contributed by atoms with Crippen LogP contribution >= 0.6 is 0 Å². The summed E-state index contributed by atoms with van der Waals surface area (Å²) in [5.41, 5.74) is -0.298. The summed E-state index contributed by atoms with van der Waals surface area (Å²) < 4.78 is 6.71. The van der Waals surface area contributed by atoms with Crippen LogP contribution in [0.25, 0.3) is 0 Å². The molecule has 0 aliphatic heterocycles. The highest BCUT2D eigenvalue weighted by molar-refractivity contribution is 6.13. The number of nitriles is 1. The Balaban J connectivity index is 2.69. The van der Waals surface area contributed by atoms with Crippen molar-refractivity contribution in [1.82, 2.24) is 4.57 Å². The van der Waals surface area contributed by atoms with Gasteiger partial charge in [-0.05, 0) is 37.5 Å². The number of nitrogens with zero attached hydrogens (tertiary/aromatic N) is 2. The summed E-state index contributed by atoms with van der Waals surface area (Å²) in [7, 11) is 0. The van der Waals surface area contributed by atoms with Gasteiger partial charge >= 0.3 is 0 Å². The lowest BCUT2D eigenvalue weighted by molar-refractivity contribution is 0.103. The number of carbonyl (C=O) groups is 1. The number of ether oxygens (including phenoxy) is 1. The zero-order valence-corrected chi connectivity index (χ0v) is 15.2. The SMILES string of the molecule is CCCOc1ccccc1C(=O)c1c(C)c(C#N)c(=O)n(CCC)c1O. The van der Waals surface area contributed by atoms with E-state index < -0.39 is 17.2 Å². The first-order chi connectivity index (χ1) is 12.5. The summed E-state index contributed by atoms with van der Waals surface area (Å²) in [6, 6.07) is 8.60. The number of aromatic hydroxyl groups is 1. The van der Waals surface area contributed by atoms with E-state index in [2.05, 4.69) is 0 Å². The quantitative estimate of drug-likeness (QED) is 0.771. The summed E-state index contributed by atoms with van der Waals surface area (Å²) in [6.45, 7) is 5.97. The van der Waals surface area contributed by atoms with Gasteiger partial charge in [0.05, 0.1) is 17.7 Å². The molecule has 1 heterocycles. The Morgan fingerprint density at radius 3 is 2.58 bits per heavy atom. The van der Waals surface area contributed by atoms with Crippen LogP contribution in [-0.2, 0) is 6.54 Å². The first kappa shape index (κ1) is 19.3. The zero-order chi connectivity index (χ0) is 19.3. The molecule has 0 bridgehead atoms. The highest BCUT2D eigenvalue weighted by Gasteiger charge is 2.26. The van der Waals surface area contributed by atoms with Crippen molar-refractivity contribution in [2.75, 3.05) is 6.61 Å². The van der Waals surface area contributed by atoms with Crippen molar-refractivity contribution in [3.8, 4) is 17.7 Å². The van der Waals surface area contributed by atoms with E-state index in [0.717, 1.165) is 11.0 Å². The molecule has 0 radical (unpaired) electrons. The minimum absolute atomic E-state index is 0.0397. The Bertz CT molecular complexity index is 923. The third kappa shape index (κ3) is 3.47. The molecule has 1 aromatic carbocycles. The minimum Gasteiger partial charge on any atom is -0.494 e. The summed E-state index contributed by atoms with van der Waals surface area (Å²) in [5.74, 6) is -0.485. The topological polar surface area (TPSA) is 92.3 Å². The van der Waals surface area contributed by atoms with E-state index in [0.29, 0.717) is 18.8 Å². The van der Waals surface area contributed by atoms with Crippen LogP contribution in [0, 0.1) is 18.3 Å². The van der Waals surface area contributed by atoms with Crippen molar-refractivity contribution in [2.24, 2.45) is 0 Å². The average Bonchev–Trinajstić information content (AvgIpc) is 2.64. The Labute approximate surface area is 152 Å². The summed E-state index contributed by atoms with van der Waals surface area (Å²) in [4.78, 5) is 25.5. The van der Waals surface area contributed by atoms with Crippen LogP contribution in [0.5, 0.6) is 11.6 Å². The fourth-order valence-electron chi connectivity index (χ4n) is 2.78. The van der Waals surface area contributed by atoms with Gasteiger partial charge in [0, 0.05) is 6.54 Å². The smallest absolute Gasteiger partial charge is 0.271 e. The Morgan fingerprint density at radius 2 is 1.96 bits per heavy atom. The monoisotopic (exact) mass is 354 g/mol. The maximum absolute atomic E-state index is 13.1. The summed E-state index contributed by atoms with van der Waals surface area (Å²) >= 11 is 0. The van der Waals surface area contributed by atoms with Crippen molar-refractivity contribution in [3.63, 3.8) is 0 Å². The number of hydrogen-bond donors (Lipinski definition) is 1. The van der Waals surface area contributed by atoms with Gasteiger partial charge in [-0.3, -0.25) is 14.2 Å². The second kappa shape index (κ2) is 8.34. The molecule has 0 aliphatic carbocycles. The molecule has 0 atom stereocenters. The number of pyridine rings is 1. The van der Waals surface area contributed by atoms with Gasteiger partial charge in [0.1, 0.15) is 17.4 Å². The summed E-state index contributed by atoms with van der Waals surface area (Å²) in [6.07, 6.45) is 1.36. The van der Waals surface area contributed by atoms with Gasteiger partial charge in [-0.1, -0.05) is 26.0 Å². The fraction of sp³-hybridized carbons (Fsp3) is 0.350. The zero-order valence-electron chi connectivity index (χ0n) is 15.2. The van der Waals surface area contributed by atoms with Crippen LogP contribution in [0.2, 0.25) is 0 Å². The van der Waals surface area contributed by atoms with Gasteiger partial charge < -0.3 is 9.84 Å². The molecule has 0 saturated carbocycles. The molecule has 0 spiro atoms. The van der Waals surface area contributed by atoms with E-state index in [-0.39, 0.29) is 28.8 Å². The van der Waals surface area contributed by atoms with E-state index in [1.54, 1.807) is 24.3 Å². The molecular weight excluding hydrogens is 332 g/mol. The highest BCUT2D eigenvalue weighted by Crippen LogP contribution is 2.29. The minimum atomic E-state index is -0.587. The molecule has 2 aromatic rings. The van der Waals surface area contributed by atoms with Crippen LogP contribution in [0.1, 0.15) is 53.7 Å². The number of para-hydroxylation sites is 1. The van der Waals surface area contributed by atoms with Crippen LogP contribution in [-0.4, -0.2) is 22.1 Å². The van der Waals surface area contributed by atoms with E-state index >= 15 is 0 Å². The van der Waals surface area contributed by atoms with Gasteiger partial charge in [-0.2, -0.15) is 5.26 Å². The number of aromatic nitrogens is 1. The number of benzene rings is 1. The van der Waals surface area contributed by atoms with Crippen molar-refractivity contribution in [1.29, 1.82) is 5.26 Å². The molecule has 1 aromatic heterocycles. The first-order valence-corrected chi connectivity index (χ1v) is 8.60. The van der Waals surface area contributed by atoms with Gasteiger partial charge in [-0.25, -0.2) is 0 Å². The molecule has 0 aliphatic rings. The Hall–Kier alpha value is -3.07. The third-order valence-electron chi connectivity index (χ3n) is 4.07. The number of hydrogen-bond acceptors (Lipinski definition) is 5. The van der Waals surface area contributed by atoms with Crippen LogP contribution in [0.3, 0.4) is 0 Å². The maximum atomic E-state index is 13.1. The lowest BCUT2D eigenvalue weighted by atomic mass is 9.96. The molecule has 0 saturated heterocycles. The molecule has 6 nitrogen and oxygen atoms in total. The Kier molecular flexibility index (Phi) is 6.18. The molecule has 0 fully saturated rings. The van der Waals surface area contributed by atoms with Crippen molar-refractivity contribution in [2.45, 2.75) is 40.2 Å². The maximum Gasteiger partial charge on any atom is 0.271 e. The van der Waals surface area contributed by atoms with E-state index in [4.69, 9.17) is 4.74 Å². The first-order valence-electron chi connectivity index (χ1n) is 8.60. The molecule has 0 amide bonds. The lowest BCUT2D eigenvalue weighted by Crippen LogP contribution is -2.26. The van der Waals surface area contributed by atoms with Gasteiger partial charge in [0.15, 0.2) is 0 Å². The normalized spacial score (nSPS) is 10.4. The van der Waals surface area contributed by atoms with Crippen molar-refractivity contribution < 1.29 is 14.6 Å². The average molecular weight is 354 g/mol. The summed E-state index contributed by atoms with van der Waals surface area (Å²) in [5, 5.41) is 19.9. The highest BCUT2D eigenvalue weighted by atomic mass is 16.5. The molecule has 2 rings (SSSR count). The second-order valence-corrected chi connectivity index (χ2v) is 5.94. The van der Waals surface area contributed by atoms with Gasteiger partial charge in [0.25, 0.3) is 5.56 Å². The standard InChI is InChI=1S/C20H22N2O4/c1-4-10-22-19(24)15(12-21)13(3)17(20(22)25)18(23)14-8-6-7-9-16(14)26-11-5-2/h6-9,25H,4-5,10-11H2,1-3H3. The van der Waals surface area contributed by atoms with E-state index in [9.17, 15) is 20.0 Å². The molecule has 1 N–H and O–H groups in total.